The first-order valence-corrected chi connectivity index (χ1v) is 8.61. The van der Waals surface area contributed by atoms with Crippen LogP contribution in [0.25, 0.3) is 0 Å². The normalized spacial score (nSPS) is 15.8. The van der Waals surface area contributed by atoms with Gasteiger partial charge in [-0.2, -0.15) is 0 Å². The molecule has 0 saturated carbocycles. The number of hydrogen-bond donors (Lipinski definition) is 0. The van der Waals surface area contributed by atoms with Crippen LogP contribution in [-0.2, 0) is 22.6 Å². The number of nitrogens with zero attached hydrogens (tertiary/aromatic N) is 3. The quantitative estimate of drug-likeness (QED) is 0.843. The standard InChI is InChI=1S/C20H23N3O2/c1-15-13-17-7-3-4-9-19(17)23(15)20(25)10-12-22(16(2)24)14-18-8-5-6-11-21-18/h3-9,11,15H,10,12-14H2,1-2H3. The summed E-state index contributed by atoms with van der Waals surface area (Å²) in [6, 6.07) is 13.8. The predicted octanol–water partition coefficient (Wildman–Crippen LogP) is 2.80. The molecule has 0 saturated heterocycles. The van der Waals surface area contributed by atoms with E-state index in [0.717, 1.165) is 17.8 Å². The van der Waals surface area contributed by atoms with E-state index in [4.69, 9.17) is 0 Å². The molecule has 130 valence electrons. The third-order valence-corrected chi connectivity index (χ3v) is 4.60. The lowest BCUT2D eigenvalue weighted by Gasteiger charge is -2.25. The summed E-state index contributed by atoms with van der Waals surface area (Å²) in [5.74, 6) is 0.0121. The fraction of sp³-hybridized carbons (Fsp3) is 0.350. The van der Waals surface area contributed by atoms with Crippen LogP contribution in [0.4, 0.5) is 5.69 Å². The number of pyridine rings is 1. The van der Waals surface area contributed by atoms with Crippen molar-refractivity contribution in [3.8, 4) is 0 Å². The van der Waals surface area contributed by atoms with Crippen molar-refractivity contribution >= 4 is 17.5 Å². The number of amides is 2. The fourth-order valence-electron chi connectivity index (χ4n) is 3.33. The summed E-state index contributed by atoms with van der Waals surface area (Å²) in [5, 5.41) is 0. The van der Waals surface area contributed by atoms with Gasteiger partial charge in [0.25, 0.3) is 0 Å². The van der Waals surface area contributed by atoms with Crippen LogP contribution in [0, 0.1) is 0 Å². The average Bonchev–Trinajstić information content (AvgIpc) is 2.94. The second kappa shape index (κ2) is 7.47. The molecule has 0 spiro atoms. The third-order valence-electron chi connectivity index (χ3n) is 4.60. The van der Waals surface area contributed by atoms with Crippen LogP contribution in [0.1, 0.15) is 31.5 Å². The second-order valence-electron chi connectivity index (χ2n) is 6.46. The number of carbonyl (C=O) groups is 2. The van der Waals surface area contributed by atoms with Crippen molar-refractivity contribution < 1.29 is 9.59 Å². The summed E-state index contributed by atoms with van der Waals surface area (Å²) in [7, 11) is 0. The van der Waals surface area contributed by atoms with Crippen molar-refractivity contribution in [1.82, 2.24) is 9.88 Å². The van der Waals surface area contributed by atoms with Crippen LogP contribution in [0.15, 0.2) is 48.7 Å². The summed E-state index contributed by atoms with van der Waals surface area (Å²) in [6.45, 7) is 4.42. The molecule has 2 heterocycles. The molecule has 0 bridgehead atoms. The van der Waals surface area contributed by atoms with E-state index in [2.05, 4.69) is 18.0 Å². The zero-order chi connectivity index (χ0) is 17.8. The first-order chi connectivity index (χ1) is 12.1. The Labute approximate surface area is 148 Å². The first-order valence-electron chi connectivity index (χ1n) is 8.61. The number of aromatic nitrogens is 1. The summed E-state index contributed by atoms with van der Waals surface area (Å²) >= 11 is 0. The van der Waals surface area contributed by atoms with E-state index in [1.54, 1.807) is 11.1 Å². The minimum atomic E-state index is -0.0478. The summed E-state index contributed by atoms with van der Waals surface area (Å²) in [4.78, 5) is 32.5. The minimum Gasteiger partial charge on any atom is -0.337 e. The molecule has 0 N–H and O–H groups in total. The monoisotopic (exact) mass is 337 g/mol. The van der Waals surface area contributed by atoms with Gasteiger partial charge in [-0.15, -0.1) is 0 Å². The molecule has 1 aromatic carbocycles. The van der Waals surface area contributed by atoms with Crippen molar-refractivity contribution in [2.24, 2.45) is 0 Å². The van der Waals surface area contributed by atoms with Crippen LogP contribution < -0.4 is 4.90 Å². The van der Waals surface area contributed by atoms with Gasteiger partial charge in [-0.1, -0.05) is 24.3 Å². The molecule has 2 aromatic rings. The minimum absolute atomic E-state index is 0.0478. The fourth-order valence-corrected chi connectivity index (χ4v) is 3.33. The summed E-state index contributed by atoms with van der Waals surface area (Å²) in [6.07, 6.45) is 2.90. The van der Waals surface area contributed by atoms with E-state index in [-0.39, 0.29) is 17.9 Å². The zero-order valence-electron chi connectivity index (χ0n) is 14.7. The highest BCUT2D eigenvalue weighted by Gasteiger charge is 2.30. The van der Waals surface area contributed by atoms with Crippen molar-refractivity contribution in [2.45, 2.75) is 39.3 Å². The van der Waals surface area contributed by atoms with Crippen molar-refractivity contribution in [3.05, 3.63) is 59.9 Å². The highest BCUT2D eigenvalue weighted by Crippen LogP contribution is 2.32. The maximum atomic E-state index is 12.8. The van der Waals surface area contributed by atoms with E-state index in [9.17, 15) is 9.59 Å². The Morgan fingerprint density at radius 3 is 2.68 bits per heavy atom. The Kier molecular flexibility index (Phi) is 5.12. The Morgan fingerprint density at radius 1 is 1.20 bits per heavy atom. The topological polar surface area (TPSA) is 53.5 Å². The Bertz CT molecular complexity index is 761. The maximum Gasteiger partial charge on any atom is 0.229 e. The third kappa shape index (κ3) is 3.87. The molecule has 0 radical (unpaired) electrons. The van der Waals surface area contributed by atoms with Crippen LogP contribution >= 0.6 is 0 Å². The Balaban J connectivity index is 1.65. The smallest absolute Gasteiger partial charge is 0.229 e. The van der Waals surface area contributed by atoms with Gasteiger partial charge in [0, 0.05) is 37.8 Å². The van der Waals surface area contributed by atoms with Gasteiger partial charge in [0.15, 0.2) is 0 Å². The maximum absolute atomic E-state index is 12.8. The Morgan fingerprint density at radius 2 is 1.96 bits per heavy atom. The molecule has 3 rings (SSSR count). The van der Waals surface area contributed by atoms with Gasteiger partial charge in [-0.25, -0.2) is 0 Å². The number of rotatable bonds is 5. The van der Waals surface area contributed by atoms with Gasteiger partial charge in [-0.3, -0.25) is 14.6 Å². The molecule has 1 aliphatic rings. The van der Waals surface area contributed by atoms with E-state index in [1.165, 1.54) is 12.5 Å². The number of para-hydroxylation sites is 1. The van der Waals surface area contributed by atoms with E-state index in [0.29, 0.717) is 19.5 Å². The van der Waals surface area contributed by atoms with Gasteiger partial charge in [-0.05, 0) is 37.1 Å². The number of hydrogen-bond acceptors (Lipinski definition) is 3. The molecule has 0 aliphatic carbocycles. The molecule has 1 aromatic heterocycles. The van der Waals surface area contributed by atoms with Crippen LogP contribution in [0.3, 0.4) is 0 Å². The Hall–Kier alpha value is -2.69. The lowest BCUT2D eigenvalue weighted by atomic mass is 10.1. The van der Waals surface area contributed by atoms with Gasteiger partial charge in [0.2, 0.25) is 11.8 Å². The molecular formula is C20H23N3O2. The lowest BCUT2D eigenvalue weighted by Crippen LogP contribution is -2.39. The average molecular weight is 337 g/mol. The molecule has 1 unspecified atom stereocenters. The van der Waals surface area contributed by atoms with Crippen molar-refractivity contribution in [3.63, 3.8) is 0 Å². The lowest BCUT2D eigenvalue weighted by molar-refractivity contribution is -0.130. The van der Waals surface area contributed by atoms with Crippen LogP contribution in [0.2, 0.25) is 0 Å². The molecule has 5 nitrogen and oxygen atoms in total. The van der Waals surface area contributed by atoms with Crippen molar-refractivity contribution in [2.75, 3.05) is 11.4 Å². The molecule has 0 fully saturated rings. The van der Waals surface area contributed by atoms with Gasteiger partial charge in [0.05, 0.1) is 12.2 Å². The summed E-state index contributed by atoms with van der Waals surface area (Å²) < 4.78 is 0. The largest absolute Gasteiger partial charge is 0.337 e. The predicted molar refractivity (Wildman–Crippen MR) is 97.0 cm³/mol. The van der Waals surface area contributed by atoms with E-state index < -0.39 is 0 Å². The summed E-state index contributed by atoms with van der Waals surface area (Å²) in [5.41, 5.74) is 3.03. The first kappa shape index (κ1) is 17.1. The second-order valence-corrected chi connectivity index (χ2v) is 6.46. The highest BCUT2D eigenvalue weighted by atomic mass is 16.2. The SMILES string of the molecule is CC(=O)N(CCC(=O)N1c2ccccc2CC1C)Cc1ccccn1. The van der Waals surface area contributed by atoms with Crippen molar-refractivity contribution in [1.29, 1.82) is 0 Å². The molecule has 1 atom stereocenters. The molecule has 1 aliphatic heterocycles. The number of carbonyl (C=O) groups excluding carboxylic acids is 2. The molecule has 5 heteroatoms. The molecular weight excluding hydrogens is 314 g/mol. The van der Waals surface area contributed by atoms with Crippen LogP contribution in [-0.4, -0.2) is 34.3 Å². The van der Waals surface area contributed by atoms with E-state index >= 15 is 0 Å². The highest BCUT2D eigenvalue weighted by molar-refractivity contribution is 5.96. The number of benzene rings is 1. The van der Waals surface area contributed by atoms with Gasteiger partial charge >= 0.3 is 0 Å². The molecule has 2 amide bonds. The van der Waals surface area contributed by atoms with Gasteiger partial charge < -0.3 is 9.80 Å². The van der Waals surface area contributed by atoms with E-state index in [1.807, 2.05) is 41.3 Å². The van der Waals surface area contributed by atoms with Crippen LogP contribution in [0.5, 0.6) is 0 Å². The number of anilines is 1. The van der Waals surface area contributed by atoms with Gasteiger partial charge in [0.1, 0.15) is 0 Å². The molecule has 25 heavy (non-hydrogen) atoms. The number of fused-ring (bicyclic) bond motifs is 1. The zero-order valence-corrected chi connectivity index (χ0v) is 14.7.